The molecule has 0 fully saturated rings. The first-order valence-electron chi connectivity index (χ1n) is 25.7. The molecule has 0 saturated carbocycles. The fraction of sp³-hybridized carbons (Fsp3) is 0.745. The van der Waals surface area contributed by atoms with Crippen LogP contribution in [0.5, 0.6) is 0 Å². The molecule has 61 heavy (non-hydrogen) atoms. The predicted octanol–water partition coefficient (Wildman–Crippen LogP) is 15.4. The number of esters is 1. The third-order valence-corrected chi connectivity index (χ3v) is 11.4. The van der Waals surface area contributed by atoms with Crippen LogP contribution in [-0.2, 0) is 14.3 Å². The number of hydrogen-bond donors (Lipinski definition) is 3. The second kappa shape index (κ2) is 48.3. The number of rotatable bonds is 45. The van der Waals surface area contributed by atoms with Gasteiger partial charge in [-0.05, 0) is 64.2 Å². The fourth-order valence-corrected chi connectivity index (χ4v) is 7.50. The van der Waals surface area contributed by atoms with Gasteiger partial charge in [0.25, 0.3) is 0 Å². The van der Waals surface area contributed by atoms with Gasteiger partial charge < -0.3 is 20.3 Å². The predicted molar refractivity (Wildman–Crippen MR) is 264 cm³/mol. The van der Waals surface area contributed by atoms with Crippen molar-refractivity contribution in [1.82, 2.24) is 5.32 Å². The normalized spacial score (nSPS) is 13.9. The van der Waals surface area contributed by atoms with Gasteiger partial charge in [-0.3, -0.25) is 9.59 Å². The van der Waals surface area contributed by atoms with E-state index in [-0.39, 0.29) is 24.9 Å². The smallest absolute Gasteiger partial charge is 0.306 e. The molecule has 0 spiro atoms. The van der Waals surface area contributed by atoms with Crippen molar-refractivity contribution >= 4 is 11.9 Å². The standard InChI is InChI=1S/C55H97NO5/c1-4-7-10-13-16-19-22-24-26-28-29-32-35-38-41-44-47-53(58)52(50-57)56-54(59)49-51(46-43-40-37-34-31-21-18-15-12-9-6-3)61-55(60)48-45-42-39-36-33-30-27-25-23-20-17-14-11-8-5-2/h9,12,15,17-18,20-21,23,25,31,34,37,51-53,57-58H,4-8,10-11,13-14,16,19,22,24,26-30,32-33,35-36,38-50H2,1-3H3,(H,56,59)/b12-9+,18-15+,20-17+,25-23+,31-21-,37-34-. The summed E-state index contributed by atoms with van der Waals surface area (Å²) in [5.74, 6) is -0.557. The molecule has 3 N–H and O–H groups in total. The molecule has 0 heterocycles. The Kier molecular flexibility index (Phi) is 46.2. The molecule has 6 heteroatoms. The first-order valence-corrected chi connectivity index (χ1v) is 25.7. The molecule has 0 aromatic carbocycles. The third-order valence-electron chi connectivity index (χ3n) is 11.4. The average Bonchev–Trinajstić information content (AvgIpc) is 3.25. The van der Waals surface area contributed by atoms with Crippen LogP contribution in [0.25, 0.3) is 0 Å². The number of hydrogen-bond acceptors (Lipinski definition) is 5. The van der Waals surface area contributed by atoms with Crippen LogP contribution in [0.1, 0.15) is 239 Å². The highest BCUT2D eigenvalue weighted by Gasteiger charge is 2.24. The monoisotopic (exact) mass is 852 g/mol. The number of allylic oxidation sites excluding steroid dienone is 12. The molecule has 6 nitrogen and oxygen atoms in total. The first-order chi connectivity index (χ1) is 30.0. The number of aliphatic hydroxyl groups is 2. The zero-order valence-electron chi connectivity index (χ0n) is 40.0. The molecule has 0 saturated heterocycles. The summed E-state index contributed by atoms with van der Waals surface area (Å²) in [6.07, 6.45) is 61.1. The number of ether oxygens (including phenoxy) is 1. The van der Waals surface area contributed by atoms with E-state index in [1.807, 2.05) is 36.5 Å². The van der Waals surface area contributed by atoms with Crippen molar-refractivity contribution in [2.45, 2.75) is 257 Å². The van der Waals surface area contributed by atoms with Crippen LogP contribution in [0, 0.1) is 0 Å². The van der Waals surface area contributed by atoms with E-state index in [1.54, 1.807) is 0 Å². The molecule has 352 valence electrons. The minimum Gasteiger partial charge on any atom is -0.462 e. The van der Waals surface area contributed by atoms with Gasteiger partial charge in [0.05, 0.1) is 25.2 Å². The molecule has 0 aliphatic carbocycles. The summed E-state index contributed by atoms with van der Waals surface area (Å²) < 4.78 is 5.88. The summed E-state index contributed by atoms with van der Waals surface area (Å²) in [6, 6.07) is -0.727. The van der Waals surface area contributed by atoms with E-state index in [1.165, 1.54) is 128 Å². The van der Waals surface area contributed by atoms with Gasteiger partial charge in [-0.15, -0.1) is 0 Å². The van der Waals surface area contributed by atoms with E-state index >= 15 is 0 Å². The van der Waals surface area contributed by atoms with Crippen molar-refractivity contribution in [3.63, 3.8) is 0 Å². The zero-order valence-corrected chi connectivity index (χ0v) is 40.0. The highest BCUT2D eigenvalue weighted by Crippen LogP contribution is 2.17. The Labute approximate surface area is 377 Å². The molecule has 0 aliphatic rings. The third kappa shape index (κ3) is 43.7. The zero-order chi connectivity index (χ0) is 44.5. The van der Waals surface area contributed by atoms with Crippen LogP contribution >= 0.6 is 0 Å². The van der Waals surface area contributed by atoms with Crippen molar-refractivity contribution < 1.29 is 24.5 Å². The second-order valence-corrected chi connectivity index (χ2v) is 17.3. The maximum absolute atomic E-state index is 13.2. The molecular weight excluding hydrogens is 755 g/mol. The quantitative estimate of drug-likeness (QED) is 0.0322. The molecule has 3 atom stereocenters. The van der Waals surface area contributed by atoms with E-state index < -0.39 is 18.2 Å². The van der Waals surface area contributed by atoms with Gasteiger partial charge in [0.1, 0.15) is 6.10 Å². The lowest BCUT2D eigenvalue weighted by Gasteiger charge is -2.24. The lowest BCUT2D eigenvalue weighted by molar-refractivity contribution is -0.151. The number of carbonyl (C=O) groups excluding carboxylic acids is 2. The van der Waals surface area contributed by atoms with E-state index in [4.69, 9.17) is 4.74 Å². The molecule has 0 aliphatic heterocycles. The Morgan fingerprint density at radius 1 is 0.492 bits per heavy atom. The SMILES string of the molecule is CC/C=C/C=C/C=C\C=C/CCCC(CC(=O)NC(CO)C(O)CCCCCCCCCCCCCCCCCC)OC(=O)CCCCCCCC/C=C/C=C/CCCCC. The van der Waals surface area contributed by atoms with Crippen molar-refractivity contribution in [3.8, 4) is 0 Å². The molecule has 0 radical (unpaired) electrons. The van der Waals surface area contributed by atoms with Gasteiger partial charge in [0.15, 0.2) is 0 Å². The van der Waals surface area contributed by atoms with Crippen LogP contribution in [-0.4, -0.2) is 46.9 Å². The Morgan fingerprint density at radius 2 is 0.902 bits per heavy atom. The summed E-state index contributed by atoms with van der Waals surface area (Å²) in [4.78, 5) is 26.1. The van der Waals surface area contributed by atoms with Gasteiger partial charge >= 0.3 is 5.97 Å². The second-order valence-electron chi connectivity index (χ2n) is 17.3. The van der Waals surface area contributed by atoms with Crippen LogP contribution in [0.2, 0.25) is 0 Å². The summed E-state index contributed by atoms with van der Waals surface area (Å²) >= 11 is 0. The molecule has 3 unspecified atom stereocenters. The lowest BCUT2D eigenvalue weighted by Crippen LogP contribution is -2.46. The summed E-state index contributed by atoms with van der Waals surface area (Å²) in [5.41, 5.74) is 0. The largest absolute Gasteiger partial charge is 0.462 e. The Bertz CT molecular complexity index is 1140. The van der Waals surface area contributed by atoms with Crippen LogP contribution in [0.15, 0.2) is 72.9 Å². The number of unbranched alkanes of at least 4 members (excludes halogenated alkanes) is 25. The maximum atomic E-state index is 13.2. The number of carbonyl (C=O) groups is 2. The number of aliphatic hydroxyl groups excluding tert-OH is 2. The summed E-state index contributed by atoms with van der Waals surface area (Å²) in [7, 11) is 0. The summed E-state index contributed by atoms with van der Waals surface area (Å²) in [6.45, 7) is 6.29. The number of nitrogens with one attached hydrogen (secondary N) is 1. The topological polar surface area (TPSA) is 95.9 Å². The van der Waals surface area contributed by atoms with Crippen molar-refractivity contribution in [2.75, 3.05) is 6.61 Å². The van der Waals surface area contributed by atoms with Crippen molar-refractivity contribution in [2.24, 2.45) is 0 Å². The van der Waals surface area contributed by atoms with Gasteiger partial charge in [-0.25, -0.2) is 0 Å². The van der Waals surface area contributed by atoms with Crippen LogP contribution in [0.4, 0.5) is 0 Å². The summed E-state index contributed by atoms with van der Waals surface area (Å²) in [5, 5.41) is 23.7. The van der Waals surface area contributed by atoms with E-state index in [0.29, 0.717) is 19.3 Å². The Hall–Kier alpha value is -2.70. The van der Waals surface area contributed by atoms with E-state index in [0.717, 1.165) is 64.2 Å². The fourth-order valence-electron chi connectivity index (χ4n) is 7.50. The molecule has 0 rings (SSSR count). The highest BCUT2D eigenvalue weighted by molar-refractivity contribution is 5.77. The Balaban J connectivity index is 4.58. The molecule has 0 bridgehead atoms. The van der Waals surface area contributed by atoms with Gasteiger partial charge in [-0.2, -0.15) is 0 Å². The first kappa shape index (κ1) is 58.3. The number of amides is 1. The van der Waals surface area contributed by atoms with E-state index in [9.17, 15) is 19.8 Å². The van der Waals surface area contributed by atoms with Crippen molar-refractivity contribution in [3.05, 3.63) is 72.9 Å². The minimum atomic E-state index is -0.809. The molecular formula is C55H97NO5. The minimum absolute atomic E-state index is 0.0246. The van der Waals surface area contributed by atoms with Crippen LogP contribution < -0.4 is 5.32 Å². The van der Waals surface area contributed by atoms with Crippen molar-refractivity contribution in [1.29, 1.82) is 0 Å². The average molecular weight is 852 g/mol. The van der Waals surface area contributed by atoms with Crippen LogP contribution in [0.3, 0.4) is 0 Å². The van der Waals surface area contributed by atoms with Gasteiger partial charge in [0, 0.05) is 6.42 Å². The van der Waals surface area contributed by atoms with Gasteiger partial charge in [0.2, 0.25) is 5.91 Å². The molecule has 0 aromatic heterocycles. The Morgan fingerprint density at radius 3 is 1.43 bits per heavy atom. The maximum Gasteiger partial charge on any atom is 0.306 e. The highest BCUT2D eigenvalue weighted by atomic mass is 16.5. The van der Waals surface area contributed by atoms with E-state index in [2.05, 4.69) is 62.5 Å². The lowest BCUT2D eigenvalue weighted by atomic mass is 10.0. The van der Waals surface area contributed by atoms with Gasteiger partial charge in [-0.1, -0.05) is 235 Å². The molecule has 1 amide bonds. The molecule has 0 aromatic rings.